The highest BCUT2D eigenvalue weighted by atomic mass is 32.2. The second-order valence-electron chi connectivity index (χ2n) is 5.40. The lowest BCUT2D eigenvalue weighted by atomic mass is 10.0. The molecule has 3 N–H and O–H groups in total. The topological polar surface area (TPSA) is 68.3 Å². The molecular formula is C13H25N5OS. The summed E-state index contributed by atoms with van der Waals surface area (Å²) in [4.78, 5) is 2.36. The van der Waals surface area contributed by atoms with Crippen molar-refractivity contribution < 1.29 is 4.74 Å². The predicted molar refractivity (Wildman–Crippen MR) is 83.0 cm³/mol. The molecule has 1 aliphatic heterocycles. The van der Waals surface area contributed by atoms with Gasteiger partial charge < -0.3 is 4.74 Å². The van der Waals surface area contributed by atoms with E-state index in [2.05, 4.69) is 36.3 Å². The van der Waals surface area contributed by atoms with E-state index >= 15 is 0 Å². The molecule has 0 saturated carbocycles. The number of hydrazine groups is 1. The van der Waals surface area contributed by atoms with Crippen LogP contribution in [0.25, 0.3) is 0 Å². The lowest BCUT2D eigenvalue weighted by Gasteiger charge is -2.38. The standard InChI is InChI=1S/C13H25N5OS/c1-9(2)18-13(11(19-4)7-15-18)12(16-14)10-8-20-6-5-17(10)3/h7,9-10,12,16H,5-6,8,14H2,1-4H3. The van der Waals surface area contributed by atoms with E-state index in [9.17, 15) is 0 Å². The van der Waals surface area contributed by atoms with Crippen LogP contribution in [0.3, 0.4) is 0 Å². The fraction of sp³-hybridized carbons (Fsp3) is 0.769. The van der Waals surface area contributed by atoms with Gasteiger partial charge in [0, 0.05) is 30.1 Å². The van der Waals surface area contributed by atoms with Crippen molar-refractivity contribution in [3.05, 3.63) is 11.9 Å². The second kappa shape index (κ2) is 6.80. The first-order valence-electron chi connectivity index (χ1n) is 6.95. The van der Waals surface area contributed by atoms with Gasteiger partial charge in [-0.15, -0.1) is 0 Å². The minimum atomic E-state index is 0.00708. The molecule has 0 aliphatic carbocycles. The number of methoxy groups -OCH3 is 1. The number of nitrogens with zero attached hydrogens (tertiary/aromatic N) is 3. The molecule has 1 fully saturated rings. The van der Waals surface area contributed by atoms with E-state index in [0.717, 1.165) is 23.7 Å². The Kier molecular flexibility index (Phi) is 5.31. The Hall–Kier alpha value is -0.760. The summed E-state index contributed by atoms with van der Waals surface area (Å²) >= 11 is 1.97. The third-order valence-corrected chi connectivity index (χ3v) is 4.86. The van der Waals surface area contributed by atoms with Crippen molar-refractivity contribution in [3.63, 3.8) is 0 Å². The first kappa shape index (κ1) is 15.6. The molecule has 0 aromatic carbocycles. The van der Waals surface area contributed by atoms with E-state index in [0.29, 0.717) is 6.04 Å². The van der Waals surface area contributed by atoms with Crippen molar-refractivity contribution >= 4 is 11.8 Å². The molecule has 0 amide bonds. The zero-order valence-corrected chi connectivity index (χ0v) is 13.5. The van der Waals surface area contributed by atoms with E-state index in [-0.39, 0.29) is 12.1 Å². The average molecular weight is 299 g/mol. The van der Waals surface area contributed by atoms with E-state index in [4.69, 9.17) is 10.6 Å². The molecule has 0 bridgehead atoms. The van der Waals surface area contributed by atoms with Gasteiger partial charge in [-0.2, -0.15) is 16.9 Å². The molecule has 1 saturated heterocycles. The van der Waals surface area contributed by atoms with Gasteiger partial charge in [-0.3, -0.25) is 15.4 Å². The number of nitrogens with two attached hydrogens (primary N) is 1. The van der Waals surface area contributed by atoms with E-state index in [1.807, 2.05) is 16.4 Å². The minimum Gasteiger partial charge on any atom is -0.493 e. The Bertz CT molecular complexity index is 436. The summed E-state index contributed by atoms with van der Waals surface area (Å²) in [5, 5.41) is 4.45. The van der Waals surface area contributed by atoms with Crippen LogP contribution in [0.1, 0.15) is 31.6 Å². The molecule has 2 heterocycles. The molecule has 2 unspecified atom stereocenters. The Morgan fingerprint density at radius 3 is 2.85 bits per heavy atom. The highest BCUT2D eigenvalue weighted by Gasteiger charge is 2.33. The summed E-state index contributed by atoms with van der Waals surface area (Å²) in [7, 11) is 3.83. The minimum absolute atomic E-state index is 0.00708. The average Bonchev–Trinajstić information content (AvgIpc) is 2.86. The second-order valence-corrected chi connectivity index (χ2v) is 6.55. The van der Waals surface area contributed by atoms with Gasteiger partial charge in [0.2, 0.25) is 0 Å². The molecular weight excluding hydrogens is 274 g/mol. The fourth-order valence-electron chi connectivity index (χ4n) is 2.65. The summed E-state index contributed by atoms with van der Waals surface area (Å²) in [6, 6.07) is 0.612. The van der Waals surface area contributed by atoms with Crippen LogP contribution in [0.4, 0.5) is 0 Å². The van der Waals surface area contributed by atoms with E-state index in [1.54, 1.807) is 13.3 Å². The molecule has 20 heavy (non-hydrogen) atoms. The first-order chi connectivity index (χ1) is 9.60. The summed E-state index contributed by atoms with van der Waals surface area (Å²) in [6.45, 7) is 5.30. The number of aromatic nitrogens is 2. The third kappa shape index (κ3) is 2.95. The van der Waals surface area contributed by atoms with Crippen molar-refractivity contribution in [1.82, 2.24) is 20.1 Å². The normalized spacial score (nSPS) is 22.2. The number of hydrogen-bond acceptors (Lipinski definition) is 6. The Labute approximate surface area is 125 Å². The largest absolute Gasteiger partial charge is 0.493 e. The summed E-state index contributed by atoms with van der Waals surface area (Å²) < 4.78 is 7.48. The van der Waals surface area contributed by atoms with Gasteiger partial charge >= 0.3 is 0 Å². The van der Waals surface area contributed by atoms with Crippen molar-refractivity contribution in [2.45, 2.75) is 32.0 Å². The van der Waals surface area contributed by atoms with Crippen molar-refractivity contribution in [2.24, 2.45) is 5.84 Å². The summed E-state index contributed by atoms with van der Waals surface area (Å²) in [6.07, 6.45) is 1.77. The molecule has 6 nitrogen and oxygen atoms in total. The van der Waals surface area contributed by atoms with Gasteiger partial charge in [0.05, 0.1) is 19.3 Å². The maximum atomic E-state index is 5.87. The van der Waals surface area contributed by atoms with Crippen molar-refractivity contribution in [2.75, 3.05) is 32.2 Å². The monoisotopic (exact) mass is 299 g/mol. The molecule has 1 aliphatic rings. The number of ether oxygens (including phenoxy) is 1. The Balaban J connectivity index is 2.37. The molecule has 2 rings (SSSR count). The van der Waals surface area contributed by atoms with E-state index in [1.165, 1.54) is 5.75 Å². The maximum absolute atomic E-state index is 5.87. The van der Waals surface area contributed by atoms with Crippen LogP contribution in [0, 0.1) is 0 Å². The lowest BCUT2D eigenvalue weighted by Crippen LogP contribution is -2.50. The zero-order chi connectivity index (χ0) is 14.7. The molecule has 0 spiro atoms. The molecule has 1 aromatic heterocycles. The maximum Gasteiger partial charge on any atom is 0.161 e. The van der Waals surface area contributed by atoms with Crippen LogP contribution in [-0.4, -0.2) is 52.9 Å². The molecule has 0 radical (unpaired) electrons. The van der Waals surface area contributed by atoms with Crippen LogP contribution >= 0.6 is 11.8 Å². The third-order valence-electron chi connectivity index (χ3n) is 3.81. The van der Waals surface area contributed by atoms with Gasteiger partial charge in [-0.05, 0) is 20.9 Å². The first-order valence-corrected chi connectivity index (χ1v) is 8.11. The number of likely N-dealkylation sites (N-methyl/N-ethyl adjacent to an activating group) is 1. The smallest absolute Gasteiger partial charge is 0.161 e. The van der Waals surface area contributed by atoms with Gasteiger partial charge in [0.1, 0.15) is 5.69 Å². The molecule has 1 aromatic rings. The Morgan fingerprint density at radius 2 is 2.30 bits per heavy atom. The molecule has 114 valence electrons. The van der Waals surface area contributed by atoms with Crippen molar-refractivity contribution in [1.29, 1.82) is 0 Å². The number of hydrogen-bond donors (Lipinski definition) is 2. The van der Waals surface area contributed by atoms with Gasteiger partial charge in [0.15, 0.2) is 5.75 Å². The van der Waals surface area contributed by atoms with Gasteiger partial charge in [-0.25, -0.2) is 5.43 Å². The van der Waals surface area contributed by atoms with Crippen LogP contribution in [0.5, 0.6) is 5.75 Å². The number of thioether (sulfide) groups is 1. The van der Waals surface area contributed by atoms with E-state index < -0.39 is 0 Å². The van der Waals surface area contributed by atoms with Crippen LogP contribution in [0.2, 0.25) is 0 Å². The highest BCUT2D eigenvalue weighted by Crippen LogP contribution is 2.33. The predicted octanol–water partition coefficient (Wildman–Crippen LogP) is 1.02. The van der Waals surface area contributed by atoms with Gasteiger partial charge in [0.25, 0.3) is 0 Å². The SMILES string of the molecule is COc1cnn(C(C)C)c1C(NN)C1CSCCN1C. The number of rotatable bonds is 5. The lowest BCUT2D eigenvalue weighted by molar-refractivity contribution is 0.206. The summed E-state index contributed by atoms with van der Waals surface area (Å²) in [5.41, 5.74) is 4.01. The number of nitrogens with one attached hydrogen (secondary N) is 1. The van der Waals surface area contributed by atoms with Gasteiger partial charge in [-0.1, -0.05) is 0 Å². The highest BCUT2D eigenvalue weighted by molar-refractivity contribution is 7.99. The molecule has 7 heteroatoms. The summed E-state index contributed by atoms with van der Waals surface area (Å²) in [5.74, 6) is 8.89. The van der Waals surface area contributed by atoms with Crippen LogP contribution < -0.4 is 16.0 Å². The fourth-order valence-corrected chi connectivity index (χ4v) is 3.92. The Morgan fingerprint density at radius 1 is 1.55 bits per heavy atom. The molecule has 2 atom stereocenters. The quantitative estimate of drug-likeness (QED) is 0.625. The zero-order valence-electron chi connectivity index (χ0n) is 12.7. The van der Waals surface area contributed by atoms with Crippen LogP contribution in [-0.2, 0) is 0 Å². The van der Waals surface area contributed by atoms with Crippen LogP contribution in [0.15, 0.2) is 6.20 Å². The van der Waals surface area contributed by atoms with Crippen molar-refractivity contribution in [3.8, 4) is 5.75 Å².